The molecule has 0 atom stereocenters. The number of para-hydroxylation sites is 2. The van der Waals surface area contributed by atoms with Crippen molar-refractivity contribution in [2.45, 2.75) is 13.3 Å². The molecule has 0 bridgehead atoms. The fraction of sp³-hybridized carbons (Fsp3) is 0.190. The highest BCUT2D eigenvalue weighted by molar-refractivity contribution is 7.14. The van der Waals surface area contributed by atoms with Crippen molar-refractivity contribution in [2.75, 3.05) is 23.4 Å². The Hall–Kier alpha value is -3.19. The lowest BCUT2D eigenvalue weighted by atomic mass is 10.1. The molecule has 142 valence electrons. The van der Waals surface area contributed by atoms with Gasteiger partial charge < -0.3 is 10.1 Å². The third kappa shape index (κ3) is 3.75. The molecule has 1 aliphatic heterocycles. The fourth-order valence-corrected chi connectivity index (χ4v) is 3.74. The molecule has 7 heteroatoms. The summed E-state index contributed by atoms with van der Waals surface area (Å²) in [6.07, 6.45) is 0.988. The second-order valence-electron chi connectivity index (χ2n) is 6.37. The van der Waals surface area contributed by atoms with Crippen LogP contribution in [0.2, 0.25) is 0 Å². The van der Waals surface area contributed by atoms with Crippen LogP contribution < -0.4 is 15.0 Å². The number of nitrogens with zero attached hydrogens (tertiary/aromatic N) is 2. The predicted octanol–water partition coefficient (Wildman–Crippen LogP) is 3.74. The maximum Gasteiger partial charge on any atom is 0.265 e. The van der Waals surface area contributed by atoms with Gasteiger partial charge in [-0.3, -0.25) is 14.5 Å². The zero-order chi connectivity index (χ0) is 19.5. The SMILES string of the molecule is CCc1ccc(-c2csc(NC(=O)CN3C(=O)COc4ccccc43)n2)cc1. The Kier molecular flexibility index (Phi) is 5.08. The molecule has 0 unspecified atom stereocenters. The molecule has 4 rings (SSSR count). The van der Waals surface area contributed by atoms with Gasteiger partial charge in [0.1, 0.15) is 12.3 Å². The summed E-state index contributed by atoms with van der Waals surface area (Å²) in [4.78, 5) is 30.6. The van der Waals surface area contributed by atoms with Crippen LogP contribution in [-0.2, 0) is 16.0 Å². The second kappa shape index (κ2) is 7.82. The monoisotopic (exact) mass is 393 g/mol. The zero-order valence-corrected chi connectivity index (χ0v) is 16.2. The lowest BCUT2D eigenvalue weighted by Crippen LogP contribution is -2.43. The van der Waals surface area contributed by atoms with E-state index in [1.54, 1.807) is 12.1 Å². The van der Waals surface area contributed by atoms with Gasteiger partial charge in [0, 0.05) is 10.9 Å². The molecule has 0 saturated heterocycles. The van der Waals surface area contributed by atoms with Crippen LogP contribution in [0.3, 0.4) is 0 Å². The number of aromatic nitrogens is 1. The van der Waals surface area contributed by atoms with Gasteiger partial charge in [-0.2, -0.15) is 0 Å². The number of fused-ring (bicyclic) bond motifs is 1. The van der Waals surface area contributed by atoms with E-state index < -0.39 is 0 Å². The van der Waals surface area contributed by atoms with Crippen LogP contribution in [0.5, 0.6) is 5.75 Å². The van der Waals surface area contributed by atoms with Gasteiger partial charge in [-0.1, -0.05) is 43.3 Å². The maximum atomic E-state index is 12.5. The number of carbonyl (C=O) groups is 2. The van der Waals surface area contributed by atoms with Gasteiger partial charge in [-0.05, 0) is 24.1 Å². The third-order valence-corrected chi connectivity index (χ3v) is 5.28. The van der Waals surface area contributed by atoms with E-state index in [1.165, 1.54) is 21.8 Å². The normalized spacial score (nSPS) is 13.0. The summed E-state index contributed by atoms with van der Waals surface area (Å²) < 4.78 is 5.40. The molecule has 0 spiro atoms. The minimum absolute atomic E-state index is 0.0700. The first-order valence-electron chi connectivity index (χ1n) is 9.01. The van der Waals surface area contributed by atoms with Crippen molar-refractivity contribution in [3.8, 4) is 17.0 Å². The summed E-state index contributed by atoms with van der Waals surface area (Å²) in [6, 6.07) is 15.4. The number of hydrogen-bond donors (Lipinski definition) is 1. The number of anilines is 2. The number of carbonyl (C=O) groups excluding carboxylic acids is 2. The molecule has 2 aromatic carbocycles. The van der Waals surface area contributed by atoms with Crippen LogP contribution >= 0.6 is 11.3 Å². The first-order valence-corrected chi connectivity index (χ1v) is 9.89. The third-order valence-electron chi connectivity index (χ3n) is 4.52. The van der Waals surface area contributed by atoms with E-state index in [-0.39, 0.29) is 25.0 Å². The van der Waals surface area contributed by atoms with Gasteiger partial charge in [0.15, 0.2) is 11.7 Å². The lowest BCUT2D eigenvalue weighted by molar-refractivity contribution is -0.123. The van der Waals surface area contributed by atoms with Gasteiger partial charge in [0.2, 0.25) is 5.91 Å². The summed E-state index contributed by atoms with van der Waals surface area (Å²) in [5.41, 5.74) is 3.69. The molecule has 1 aliphatic rings. The van der Waals surface area contributed by atoms with E-state index >= 15 is 0 Å². The Bertz CT molecular complexity index is 1010. The van der Waals surface area contributed by atoms with Crippen LogP contribution in [0.4, 0.5) is 10.8 Å². The maximum absolute atomic E-state index is 12.5. The standard InChI is InChI=1S/C21H19N3O3S/c1-2-14-7-9-15(10-8-14)16-13-28-21(22-16)23-19(25)11-24-17-5-3-4-6-18(17)27-12-20(24)26/h3-10,13H,2,11-12H2,1H3,(H,22,23,25). The number of hydrogen-bond acceptors (Lipinski definition) is 5. The molecule has 1 aromatic heterocycles. The molecule has 0 fully saturated rings. The highest BCUT2D eigenvalue weighted by atomic mass is 32.1. The number of amides is 2. The summed E-state index contributed by atoms with van der Waals surface area (Å²) in [5.74, 6) is 0.0546. The Morgan fingerprint density at radius 1 is 1.21 bits per heavy atom. The molecule has 2 amide bonds. The lowest BCUT2D eigenvalue weighted by Gasteiger charge is -2.28. The minimum Gasteiger partial charge on any atom is -0.482 e. The number of aryl methyl sites for hydroxylation is 1. The smallest absolute Gasteiger partial charge is 0.265 e. The Morgan fingerprint density at radius 2 is 2.00 bits per heavy atom. The van der Waals surface area contributed by atoms with Gasteiger partial charge >= 0.3 is 0 Å². The van der Waals surface area contributed by atoms with Crippen LogP contribution in [0.25, 0.3) is 11.3 Å². The van der Waals surface area contributed by atoms with Crippen LogP contribution in [-0.4, -0.2) is 29.9 Å². The van der Waals surface area contributed by atoms with E-state index in [9.17, 15) is 9.59 Å². The Balaban J connectivity index is 1.44. The first kappa shape index (κ1) is 18.2. The van der Waals surface area contributed by atoms with Gasteiger partial charge in [-0.25, -0.2) is 4.98 Å². The first-order chi connectivity index (χ1) is 13.6. The molecule has 1 N–H and O–H groups in total. The number of rotatable bonds is 5. The van der Waals surface area contributed by atoms with Crippen molar-refractivity contribution >= 4 is 34.0 Å². The molecule has 6 nitrogen and oxygen atoms in total. The molecule has 0 saturated carbocycles. The van der Waals surface area contributed by atoms with Gasteiger partial charge in [-0.15, -0.1) is 11.3 Å². The van der Waals surface area contributed by atoms with E-state index in [4.69, 9.17) is 4.74 Å². The highest BCUT2D eigenvalue weighted by Gasteiger charge is 2.27. The molecule has 28 heavy (non-hydrogen) atoms. The number of nitrogens with one attached hydrogen (secondary N) is 1. The number of ether oxygens (including phenoxy) is 1. The van der Waals surface area contributed by atoms with Crippen LogP contribution in [0.15, 0.2) is 53.9 Å². The van der Waals surface area contributed by atoms with Crippen LogP contribution in [0.1, 0.15) is 12.5 Å². The van der Waals surface area contributed by atoms with Gasteiger partial charge in [0.25, 0.3) is 5.91 Å². The van der Waals surface area contributed by atoms with E-state index in [0.717, 1.165) is 17.7 Å². The average molecular weight is 393 g/mol. The molecule has 0 aliphatic carbocycles. The average Bonchev–Trinajstić information content (AvgIpc) is 3.18. The quantitative estimate of drug-likeness (QED) is 0.717. The van der Waals surface area contributed by atoms with Crippen molar-refractivity contribution in [2.24, 2.45) is 0 Å². The van der Waals surface area contributed by atoms with E-state index in [0.29, 0.717) is 16.6 Å². The second-order valence-corrected chi connectivity index (χ2v) is 7.23. The summed E-state index contributed by atoms with van der Waals surface area (Å²) in [6.45, 7) is 1.96. The molecular formula is C21H19N3O3S. The number of thiazole rings is 1. The van der Waals surface area contributed by atoms with Crippen molar-refractivity contribution in [1.82, 2.24) is 4.98 Å². The topological polar surface area (TPSA) is 71.5 Å². The molecular weight excluding hydrogens is 374 g/mol. The summed E-state index contributed by atoms with van der Waals surface area (Å²) in [5, 5.41) is 5.20. The van der Waals surface area contributed by atoms with E-state index in [1.807, 2.05) is 29.6 Å². The minimum atomic E-state index is -0.299. The van der Waals surface area contributed by atoms with Crippen molar-refractivity contribution in [3.63, 3.8) is 0 Å². The Labute approximate surface area is 166 Å². The number of benzene rings is 2. The molecule has 2 heterocycles. The zero-order valence-electron chi connectivity index (χ0n) is 15.3. The van der Waals surface area contributed by atoms with Crippen LogP contribution in [0, 0.1) is 0 Å². The molecule has 3 aromatic rings. The summed E-state index contributed by atoms with van der Waals surface area (Å²) >= 11 is 1.36. The van der Waals surface area contributed by atoms with E-state index in [2.05, 4.69) is 29.4 Å². The fourth-order valence-electron chi connectivity index (χ4n) is 3.00. The van der Waals surface area contributed by atoms with Crippen molar-refractivity contribution in [3.05, 3.63) is 59.5 Å². The predicted molar refractivity (Wildman–Crippen MR) is 110 cm³/mol. The van der Waals surface area contributed by atoms with Gasteiger partial charge in [0.05, 0.1) is 11.4 Å². The largest absolute Gasteiger partial charge is 0.482 e. The van der Waals surface area contributed by atoms with Crippen molar-refractivity contribution in [1.29, 1.82) is 0 Å². The highest BCUT2D eigenvalue weighted by Crippen LogP contribution is 2.31. The molecule has 0 radical (unpaired) electrons. The summed E-state index contributed by atoms with van der Waals surface area (Å²) in [7, 11) is 0. The van der Waals surface area contributed by atoms with Crippen molar-refractivity contribution < 1.29 is 14.3 Å². The Morgan fingerprint density at radius 3 is 2.79 bits per heavy atom.